The van der Waals surface area contributed by atoms with Crippen LogP contribution in [0, 0.1) is 5.38 Å². The molecule has 8 heavy (non-hydrogen) atoms. The summed E-state index contributed by atoms with van der Waals surface area (Å²) in [7, 11) is 0. The van der Waals surface area contributed by atoms with Crippen molar-refractivity contribution >= 4 is 32.2 Å². The summed E-state index contributed by atoms with van der Waals surface area (Å²) in [6, 6.07) is 1.97. The highest BCUT2D eigenvalue weighted by Gasteiger charge is 1.93. The molecule has 0 atom stereocenters. The van der Waals surface area contributed by atoms with Crippen LogP contribution in [0.2, 0.25) is 0 Å². The first kappa shape index (κ1) is 4.47. The number of thiazole rings is 1. The predicted octanol–water partition coefficient (Wildman–Crippen LogP) is 2.16. The Bertz CT molecular complexity index is 232. The summed E-state index contributed by atoms with van der Waals surface area (Å²) in [6.07, 6.45) is 0. The lowest BCUT2D eigenvalue weighted by molar-refractivity contribution is 1.54. The van der Waals surface area contributed by atoms with Gasteiger partial charge in [-0.3, -0.25) is 0 Å². The van der Waals surface area contributed by atoms with Crippen LogP contribution >= 0.6 is 22.7 Å². The second-order valence-electron chi connectivity index (χ2n) is 1.39. The molecule has 0 aliphatic rings. The smallest absolute Gasteiger partial charge is 0.134 e. The molecule has 0 aromatic carbocycles. The molecule has 0 unspecified atom stereocenters. The Morgan fingerprint density at radius 1 is 1.62 bits per heavy atom. The third kappa shape index (κ3) is 0.485. The van der Waals surface area contributed by atoms with Crippen molar-refractivity contribution in [3.8, 4) is 0 Å². The molecule has 0 amide bonds. The van der Waals surface area contributed by atoms with Crippen LogP contribution in [0.25, 0.3) is 9.53 Å². The van der Waals surface area contributed by atoms with Gasteiger partial charge in [0.25, 0.3) is 0 Å². The standard InChI is InChI=1S/C5H2NS2/c1-2-7-5-4(1)8-3-6-5/h1,3H. The fraction of sp³-hybridized carbons (Fsp3) is 0. The molecule has 3 heteroatoms. The molecule has 2 rings (SSSR count). The molecule has 0 aliphatic heterocycles. The number of thiophene rings is 1. The van der Waals surface area contributed by atoms with E-state index in [9.17, 15) is 0 Å². The average molecular weight is 140 g/mol. The number of hydrogen-bond acceptors (Lipinski definition) is 3. The molecule has 39 valence electrons. The largest absolute Gasteiger partial charge is 0.234 e. The van der Waals surface area contributed by atoms with Gasteiger partial charge in [-0.15, -0.1) is 22.7 Å². The summed E-state index contributed by atoms with van der Waals surface area (Å²) in [4.78, 5) is 5.19. The minimum atomic E-state index is 1.11. The molecule has 0 N–H and O–H groups in total. The molecule has 0 bridgehead atoms. The topological polar surface area (TPSA) is 12.9 Å². The van der Waals surface area contributed by atoms with Crippen molar-refractivity contribution in [1.29, 1.82) is 0 Å². The molecule has 1 nitrogen and oxygen atoms in total. The predicted molar refractivity (Wildman–Crippen MR) is 36.3 cm³/mol. The minimum Gasteiger partial charge on any atom is -0.234 e. The third-order valence-corrected chi connectivity index (χ3v) is 2.57. The van der Waals surface area contributed by atoms with Crippen molar-refractivity contribution in [1.82, 2.24) is 4.98 Å². The first-order valence-corrected chi connectivity index (χ1v) is 3.85. The van der Waals surface area contributed by atoms with Gasteiger partial charge < -0.3 is 0 Å². The minimum absolute atomic E-state index is 1.11. The van der Waals surface area contributed by atoms with E-state index in [1.54, 1.807) is 22.7 Å². The zero-order chi connectivity index (χ0) is 5.40. The first-order chi connectivity index (χ1) is 3.97. The lowest BCUT2D eigenvalue weighted by atomic mass is 10.6. The Labute approximate surface area is 54.6 Å². The number of aromatic nitrogens is 1. The Hall–Kier alpha value is -0.410. The van der Waals surface area contributed by atoms with Crippen LogP contribution in [0.15, 0.2) is 11.6 Å². The van der Waals surface area contributed by atoms with Gasteiger partial charge in [0.15, 0.2) is 0 Å². The fourth-order valence-corrected chi connectivity index (χ4v) is 2.07. The number of rotatable bonds is 0. The van der Waals surface area contributed by atoms with Gasteiger partial charge in [-0.2, -0.15) is 0 Å². The summed E-state index contributed by atoms with van der Waals surface area (Å²) >= 11 is 3.23. The first-order valence-electron chi connectivity index (χ1n) is 2.16. The maximum atomic E-state index is 4.08. The Morgan fingerprint density at radius 2 is 2.62 bits per heavy atom. The van der Waals surface area contributed by atoms with Crippen molar-refractivity contribution in [2.45, 2.75) is 0 Å². The molecule has 0 saturated heterocycles. The van der Waals surface area contributed by atoms with Crippen LogP contribution in [0.3, 0.4) is 0 Å². The van der Waals surface area contributed by atoms with Crippen LogP contribution in [0.5, 0.6) is 0 Å². The van der Waals surface area contributed by atoms with E-state index in [1.165, 1.54) is 4.70 Å². The van der Waals surface area contributed by atoms with Gasteiger partial charge in [-0.25, -0.2) is 4.98 Å². The monoisotopic (exact) mass is 140 g/mol. The molecule has 2 heterocycles. The van der Waals surface area contributed by atoms with E-state index in [0.717, 1.165) is 4.83 Å². The molecular weight excluding hydrogens is 138 g/mol. The van der Waals surface area contributed by atoms with Crippen molar-refractivity contribution in [3.63, 3.8) is 0 Å². The second kappa shape index (κ2) is 1.53. The van der Waals surface area contributed by atoms with Crippen LogP contribution in [0.1, 0.15) is 0 Å². The molecule has 2 aromatic rings. The molecule has 1 radical (unpaired) electrons. The lowest BCUT2D eigenvalue weighted by Gasteiger charge is -1.61. The second-order valence-corrected chi connectivity index (χ2v) is 3.10. The average Bonchev–Trinajstić information content (AvgIpc) is 2.15. The highest BCUT2D eigenvalue weighted by molar-refractivity contribution is 7.24. The van der Waals surface area contributed by atoms with E-state index in [-0.39, 0.29) is 0 Å². The molecule has 0 fully saturated rings. The van der Waals surface area contributed by atoms with Gasteiger partial charge in [-0.05, 0) is 6.07 Å². The third-order valence-electron chi connectivity index (χ3n) is 0.906. The van der Waals surface area contributed by atoms with E-state index < -0.39 is 0 Å². The normalized spacial score (nSPS) is 10.5. The Balaban J connectivity index is 3.06. The van der Waals surface area contributed by atoms with Crippen LogP contribution in [-0.4, -0.2) is 4.98 Å². The van der Waals surface area contributed by atoms with Crippen LogP contribution in [-0.2, 0) is 0 Å². The van der Waals surface area contributed by atoms with Crippen molar-refractivity contribution in [2.75, 3.05) is 0 Å². The number of fused-ring (bicyclic) bond motifs is 1. The quantitative estimate of drug-likeness (QED) is 0.546. The number of hydrogen-bond donors (Lipinski definition) is 0. The highest BCUT2D eigenvalue weighted by atomic mass is 32.1. The van der Waals surface area contributed by atoms with Gasteiger partial charge in [0.2, 0.25) is 0 Å². The van der Waals surface area contributed by atoms with Crippen LogP contribution in [0.4, 0.5) is 0 Å². The van der Waals surface area contributed by atoms with Gasteiger partial charge in [0.1, 0.15) is 4.83 Å². The molecule has 0 saturated carbocycles. The zero-order valence-electron chi connectivity index (χ0n) is 3.92. The van der Waals surface area contributed by atoms with E-state index in [0.29, 0.717) is 0 Å². The van der Waals surface area contributed by atoms with Crippen molar-refractivity contribution in [3.05, 3.63) is 17.0 Å². The number of nitrogens with zero attached hydrogens (tertiary/aromatic N) is 1. The van der Waals surface area contributed by atoms with Gasteiger partial charge in [0, 0.05) is 5.38 Å². The van der Waals surface area contributed by atoms with Gasteiger partial charge in [0.05, 0.1) is 10.2 Å². The fourth-order valence-electron chi connectivity index (χ4n) is 0.556. The summed E-state index contributed by atoms with van der Waals surface area (Å²) in [5.41, 5.74) is 1.86. The van der Waals surface area contributed by atoms with E-state index in [1.807, 2.05) is 11.6 Å². The molecule has 2 aromatic heterocycles. The Kier molecular flexibility index (Phi) is 0.856. The Morgan fingerprint density at radius 3 is 3.50 bits per heavy atom. The van der Waals surface area contributed by atoms with Gasteiger partial charge >= 0.3 is 0 Å². The van der Waals surface area contributed by atoms with Crippen molar-refractivity contribution < 1.29 is 0 Å². The summed E-state index contributed by atoms with van der Waals surface area (Å²) in [5.74, 6) is 0. The van der Waals surface area contributed by atoms with Crippen molar-refractivity contribution in [2.24, 2.45) is 0 Å². The maximum Gasteiger partial charge on any atom is 0.134 e. The summed E-state index contributed by atoms with van der Waals surface area (Å²) in [5, 5.41) is 3.01. The molecular formula is C5H2NS2. The van der Waals surface area contributed by atoms with E-state index in [4.69, 9.17) is 0 Å². The molecule has 0 spiro atoms. The van der Waals surface area contributed by atoms with E-state index in [2.05, 4.69) is 10.4 Å². The highest BCUT2D eigenvalue weighted by Crippen LogP contribution is 2.21. The summed E-state index contributed by atoms with van der Waals surface area (Å²) < 4.78 is 1.25. The zero-order valence-corrected chi connectivity index (χ0v) is 5.55. The van der Waals surface area contributed by atoms with Crippen LogP contribution < -0.4 is 0 Å². The maximum absolute atomic E-state index is 4.08. The molecule has 0 aliphatic carbocycles. The lowest BCUT2D eigenvalue weighted by Crippen LogP contribution is -1.46. The summed E-state index contributed by atoms with van der Waals surface area (Å²) in [6.45, 7) is 0. The SMILES string of the molecule is [c]1cc2scnc2s1. The van der Waals surface area contributed by atoms with Gasteiger partial charge in [-0.1, -0.05) is 0 Å². The van der Waals surface area contributed by atoms with E-state index >= 15 is 0 Å².